The van der Waals surface area contributed by atoms with Gasteiger partial charge in [0, 0.05) is 24.0 Å². The van der Waals surface area contributed by atoms with Crippen LogP contribution >= 0.6 is 0 Å². The first-order chi connectivity index (χ1) is 9.01. The number of para-hydroxylation sites is 1. The average Bonchev–Trinajstić information content (AvgIpc) is 2.38. The zero-order valence-electron chi connectivity index (χ0n) is 11.9. The molecule has 1 aliphatic carbocycles. The van der Waals surface area contributed by atoms with Crippen molar-refractivity contribution < 1.29 is 9.13 Å². The second-order valence-corrected chi connectivity index (χ2v) is 6.47. The summed E-state index contributed by atoms with van der Waals surface area (Å²) in [5.74, 6) is 0.360. The Labute approximate surface area is 114 Å². The van der Waals surface area contributed by atoms with Gasteiger partial charge in [-0.25, -0.2) is 4.39 Å². The number of aryl methyl sites for hydroxylation is 1. The maximum atomic E-state index is 14.0. The maximum Gasteiger partial charge on any atom is 0.146 e. The number of ether oxygens (including phenoxy) is 1. The number of anilines is 1. The molecule has 3 rings (SSSR count). The van der Waals surface area contributed by atoms with Crippen molar-refractivity contribution in [2.45, 2.75) is 45.8 Å². The molecule has 0 aromatic heterocycles. The smallest absolute Gasteiger partial charge is 0.146 e. The van der Waals surface area contributed by atoms with Crippen LogP contribution in [0.2, 0.25) is 0 Å². The summed E-state index contributed by atoms with van der Waals surface area (Å²) in [7, 11) is 0. The van der Waals surface area contributed by atoms with Gasteiger partial charge < -0.3 is 10.1 Å². The van der Waals surface area contributed by atoms with Gasteiger partial charge in [-0.2, -0.15) is 0 Å². The highest BCUT2D eigenvalue weighted by Crippen LogP contribution is 2.52. The molecule has 0 radical (unpaired) electrons. The summed E-state index contributed by atoms with van der Waals surface area (Å²) < 4.78 is 19.8. The minimum atomic E-state index is -0.157. The van der Waals surface area contributed by atoms with Crippen LogP contribution in [-0.4, -0.2) is 18.8 Å². The van der Waals surface area contributed by atoms with E-state index in [1.54, 1.807) is 6.07 Å². The third-order valence-corrected chi connectivity index (χ3v) is 4.85. The molecule has 1 heterocycles. The summed E-state index contributed by atoms with van der Waals surface area (Å²) in [5.41, 5.74) is 1.69. The van der Waals surface area contributed by atoms with Gasteiger partial charge in [0.2, 0.25) is 0 Å². The summed E-state index contributed by atoms with van der Waals surface area (Å²) in [5, 5.41) is 3.45. The molecule has 19 heavy (non-hydrogen) atoms. The van der Waals surface area contributed by atoms with Crippen molar-refractivity contribution in [3.63, 3.8) is 0 Å². The minimum absolute atomic E-state index is 0.0693. The van der Waals surface area contributed by atoms with Crippen LogP contribution in [-0.2, 0) is 4.74 Å². The Bertz CT molecular complexity index is 465. The molecule has 2 nitrogen and oxygen atoms in total. The van der Waals surface area contributed by atoms with Gasteiger partial charge in [-0.05, 0) is 31.4 Å². The number of hydrogen-bond donors (Lipinski definition) is 1. The number of benzene rings is 1. The highest BCUT2D eigenvalue weighted by Gasteiger charge is 2.58. The normalized spacial score (nSPS) is 32.3. The van der Waals surface area contributed by atoms with Gasteiger partial charge in [-0.3, -0.25) is 0 Å². The molecular weight excluding hydrogens is 241 g/mol. The molecule has 1 aromatic carbocycles. The topological polar surface area (TPSA) is 21.3 Å². The summed E-state index contributed by atoms with van der Waals surface area (Å²) in [6, 6.07) is 5.53. The van der Waals surface area contributed by atoms with E-state index in [4.69, 9.17) is 4.74 Å². The Hall–Kier alpha value is -1.09. The number of fused-ring (bicyclic) bond motifs is 1. The summed E-state index contributed by atoms with van der Waals surface area (Å²) in [6.07, 6.45) is 2.62. The Morgan fingerprint density at radius 3 is 2.89 bits per heavy atom. The van der Waals surface area contributed by atoms with E-state index < -0.39 is 0 Å². The van der Waals surface area contributed by atoms with Crippen molar-refractivity contribution in [2.75, 3.05) is 11.9 Å². The summed E-state index contributed by atoms with van der Waals surface area (Å²) >= 11 is 0. The van der Waals surface area contributed by atoms with Crippen molar-refractivity contribution in [3.05, 3.63) is 29.6 Å². The Kier molecular flexibility index (Phi) is 3.05. The Morgan fingerprint density at radius 1 is 1.37 bits per heavy atom. The van der Waals surface area contributed by atoms with E-state index in [9.17, 15) is 4.39 Å². The first kappa shape index (κ1) is 12.9. The fraction of sp³-hybridized carbons (Fsp3) is 0.625. The lowest BCUT2D eigenvalue weighted by atomic mass is 9.55. The van der Waals surface area contributed by atoms with Crippen LogP contribution < -0.4 is 5.32 Å². The molecule has 3 heteroatoms. The average molecular weight is 263 g/mol. The van der Waals surface area contributed by atoms with Crippen molar-refractivity contribution >= 4 is 5.69 Å². The number of rotatable bonds is 2. The highest BCUT2D eigenvalue weighted by molar-refractivity contribution is 5.53. The molecule has 0 spiro atoms. The standard InChI is InChI=1S/C16H22FNO/c1-10-6-4-8-12(17)13(10)18-14-11-7-5-9-19-15(11)16(14,2)3/h4,6,8,11,14-15,18H,5,7,9H2,1-3H3. The predicted molar refractivity (Wildman–Crippen MR) is 74.8 cm³/mol. The SMILES string of the molecule is Cc1cccc(F)c1NC1C2CCCOC2C1(C)C. The van der Waals surface area contributed by atoms with Gasteiger partial charge >= 0.3 is 0 Å². The fourth-order valence-electron chi connectivity index (χ4n) is 3.79. The van der Waals surface area contributed by atoms with Gasteiger partial charge in [-0.15, -0.1) is 0 Å². The predicted octanol–water partition coefficient (Wildman–Crippen LogP) is 3.75. The monoisotopic (exact) mass is 263 g/mol. The third kappa shape index (κ3) is 1.95. The fourth-order valence-corrected chi connectivity index (χ4v) is 3.79. The zero-order valence-corrected chi connectivity index (χ0v) is 11.9. The minimum Gasteiger partial charge on any atom is -0.379 e. The van der Waals surface area contributed by atoms with E-state index in [-0.39, 0.29) is 11.2 Å². The molecule has 104 valence electrons. The Morgan fingerprint density at radius 2 is 2.16 bits per heavy atom. The number of hydrogen-bond acceptors (Lipinski definition) is 2. The lowest BCUT2D eigenvalue weighted by Crippen LogP contribution is -2.67. The Balaban J connectivity index is 1.83. The van der Waals surface area contributed by atoms with Crippen molar-refractivity contribution in [1.82, 2.24) is 0 Å². The van der Waals surface area contributed by atoms with E-state index in [0.717, 1.165) is 18.6 Å². The maximum absolute atomic E-state index is 14.0. The molecule has 2 fully saturated rings. The van der Waals surface area contributed by atoms with E-state index in [1.165, 1.54) is 12.5 Å². The molecule has 1 aromatic rings. The van der Waals surface area contributed by atoms with Crippen LogP contribution in [0.25, 0.3) is 0 Å². The zero-order chi connectivity index (χ0) is 13.6. The molecule has 3 unspecified atom stereocenters. The van der Waals surface area contributed by atoms with Gasteiger partial charge in [0.15, 0.2) is 0 Å². The second-order valence-electron chi connectivity index (χ2n) is 6.47. The van der Waals surface area contributed by atoms with Gasteiger partial charge in [0.1, 0.15) is 5.82 Å². The molecule has 1 aliphatic heterocycles. The first-order valence-corrected chi connectivity index (χ1v) is 7.15. The van der Waals surface area contributed by atoms with E-state index in [0.29, 0.717) is 23.8 Å². The summed E-state index contributed by atoms with van der Waals surface area (Å²) in [6.45, 7) is 7.25. The molecule has 1 saturated heterocycles. The van der Waals surface area contributed by atoms with Crippen LogP contribution in [0.4, 0.5) is 10.1 Å². The van der Waals surface area contributed by atoms with Crippen LogP contribution in [0.3, 0.4) is 0 Å². The molecule has 0 bridgehead atoms. The van der Waals surface area contributed by atoms with Crippen LogP contribution in [0.15, 0.2) is 18.2 Å². The number of halogens is 1. The van der Waals surface area contributed by atoms with E-state index in [2.05, 4.69) is 19.2 Å². The lowest BCUT2D eigenvalue weighted by molar-refractivity contribution is -0.177. The molecule has 1 saturated carbocycles. The first-order valence-electron chi connectivity index (χ1n) is 7.15. The third-order valence-electron chi connectivity index (χ3n) is 4.85. The molecular formula is C16H22FNO. The highest BCUT2D eigenvalue weighted by atomic mass is 19.1. The van der Waals surface area contributed by atoms with Gasteiger partial charge in [-0.1, -0.05) is 26.0 Å². The van der Waals surface area contributed by atoms with E-state index in [1.807, 2.05) is 13.0 Å². The van der Waals surface area contributed by atoms with Crippen LogP contribution in [0.1, 0.15) is 32.3 Å². The molecule has 0 amide bonds. The van der Waals surface area contributed by atoms with Gasteiger partial charge in [0.05, 0.1) is 11.8 Å². The van der Waals surface area contributed by atoms with Crippen LogP contribution in [0.5, 0.6) is 0 Å². The van der Waals surface area contributed by atoms with E-state index >= 15 is 0 Å². The van der Waals surface area contributed by atoms with Crippen molar-refractivity contribution in [1.29, 1.82) is 0 Å². The molecule has 3 atom stereocenters. The molecule has 2 aliphatic rings. The van der Waals surface area contributed by atoms with Crippen LogP contribution in [0, 0.1) is 24.1 Å². The second kappa shape index (κ2) is 4.48. The van der Waals surface area contributed by atoms with Crippen molar-refractivity contribution in [2.24, 2.45) is 11.3 Å². The lowest BCUT2D eigenvalue weighted by Gasteiger charge is -2.60. The van der Waals surface area contributed by atoms with Crippen molar-refractivity contribution in [3.8, 4) is 0 Å². The quantitative estimate of drug-likeness (QED) is 0.877. The number of nitrogens with one attached hydrogen (secondary N) is 1. The van der Waals surface area contributed by atoms with Gasteiger partial charge in [0.25, 0.3) is 0 Å². The summed E-state index contributed by atoms with van der Waals surface area (Å²) in [4.78, 5) is 0. The molecule has 1 N–H and O–H groups in total. The largest absolute Gasteiger partial charge is 0.379 e.